The molecule has 0 bridgehead atoms. The Labute approximate surface area is 115 Å². The number of aryl methyl sites for hydroxylation is 1. The molecule has 0 aliphatic heterocycles. The lowest BCUT2D eigenvalue weighted by Gasteiger charge is -2.08. The third kappa shape index (κ3) is 2.92. The largest absolute Gasteiger partial charge is 0.508 e. The summed E-state index contributed by atoms with van der Waals surface area (Å²) in [5.74, 6) is -0.873. The quantitative estimate of drug-likeness (QED) is 0.734. The summed E-state index contributed by atoms with van der Waals surface area (Å²) in [6, 6.07) is 7.49. The number of phenolic OH excluding ortho intramolecular Hbond substituents is 1. The molecule has 1 aromatic carbocycles. The van der Waals surface area contributed by atoms with Gasteiger partial charge in [-0.2, -0.15) is 0 Å². The molecular formula is C14H13N3O3. The van der Waals surface area contributed by atoms with Crippen LogP contribution in [0.4, 0.5) is 5.69 Å². The number of nitrogens with two attached hydrogens (primary N) is 1. The monoisotopic (exact) mass is 271 g/mol. The average molecular weight is 271 g/mol. The van der Waals surface area contributed by atoms with Gasteiger partial charge in [-0.3, -0.25) is 14.6 Å². The molecule has 2 aromatic rings. The summed E-state index contributed by atoms with van der Waals surface area (Å²) in [6.45, 7) is 1.77. The first-order chi connectivity index (χ1) is 9.47. The van der Waals surface area contributed by atoms with Crippen molar-refractivity contribution < 1.29 is 14.7 Å². The van der Waals surface area contributed by atoms with Crippen LogP contribution in [0.1, 0.15) is 26.4 Å². The van der Waals surface area contributed by atoms with Crippen molar-refractivity contribution in [3.05, 3.63) is 53.3 Å². The first-order valence-electron chi connectivity index (χ1n) is 5.84. The maximum absolute atomic E-state index is 12.0. The number of hydrogen-bond acceptors (Lipinski definition) is 4. The van der Waals surface area contributed by atoms with Crippen LogP contribution >= 0.6 is 0 Å². The summed E-state index contributed by atoms with van der Waals surface area (Å²) in [5.41, 5.74) is 6.80. The van der Waals surface area contributed by atoms with Gasteiger partial charge in [0, 0.05) is 11.9 Å². The van der Waals surface area contributed by atoms with Crippen LogP contribution < -0.4 is 11.1 Å². The molecule has 102 valence electrons. The summed E-state index contributed by atoms with van der Waals surface area (Å²) in [5, 5.41) is 12.0. The van der Waals surface area contributed by atoms with Crippen molar-refractivity contribution in [1.29, 1.82) is 0 Å². The van der Waals surface area contributed by atoms with Gasteiger partial charge in [-0.25, -0.2) is 0 Å². The highest BCUT2D eigenvalue weighted by atomic mass is 16.3. The van der Waals surface area contributed by atoms with Gasteiger partial charge < -0.3 is 16.2 Å². The van der Waals surface area contributed by atoms with Gasteiger partial charge >= 0.3 is 0 Å². The lowest BCUT2D eigenvalue weighted by Crippen LogP contribution is -2.16. The molecule has 0 aliphatic rings. The summed E-state index contributed by atoms with van der Waals surface area (Å²) in [7, 11) is 0. The van der Waals surface area contributed by atoms with Crippen LogP contribution in [0.2, 0.25) is 0 Å². The van der Waals surface area contributed by atoms with Gasteiger partial charge in [-0.15, -0.1) is 0 Å². The Morgan fingerprint density at radius 2 is 2.00 bits per heavy atom. The van der Waals surface area contributed by atoms with Crippen molar-refractivity contribution in [1.82, 2.24) is 4.98 Å². The van der Waals surface area contributed by atoms with Crippen LogP contribution in [0.15, 0.2) is 36.5 Å². The number of carbonyl (C=O) groups excluding carboxylic acids is 2. The Balaban J connectivity index is 2.17. The molecular weight excluding hydrogens is 258 g/mol. The normalized spacial score (nSPS) is 10.1. The van der Waals surface area contributed by atoms with E-state index in [9.17, 15) is 14.7 Å². The Bertz CT molecular complexity index is 666. The third-order valence-electron chi connectivity index (χ3n) is 2.74. The molecule has 6 nitrogen and oxygen atoms in total. The fourth-order valence-electron chi connectivity index (χ4n) is 1.66. The molecule has 1 aromatic heterocycles. The van der Waals surface area contributed by atoms with Crippen molar-refractivity contribution in [3.63, 3.8) is 0 Å². The van der Waals surface area contributed by atoms with E-state index in [2.05, 4.69) is 10.3 Å². The lowest BCUT2D eigenvalue weighted by molar-refractivity contribution is 0.0990. The summed E-state index contributed by atoms with van der Waals surface area (Å²) < 4.78 is 0. The molecule has 0 spiro atoms. The molecule has 2 amide bonds. The molecule has 20 heavy (non-hydrogen) atoms. The number of aromatic hydroxyl groups is 1. The van der Waals surface area contributed by atoms with Crippen LogP contribution in [0.3, 0.4) is 0 Å². The van der Waals surface area contributed by atoms with Gasteiger partial charge in [0.2, 0.25) is 0 Å². The number of hydrogen-bond donors (Lipinski definition) is 3. The van der Waals surface area contributed by atoms with E-state index < -0.39 is 5.91 Å². The second-order valence-electron chi connectivity index (χ2n) is 4.25. The predicted octanol–water partition coefficient (Wildman–Crippen LogP) is 1.45. The minimum Gasteiger partial charge on any atom is -0.508 e. The molecule has 0 radical (unpaired) electrons. The standard InChI is InChI=1S/C14H13N3O3/c1-8-6-10(18)3-5-11(8)17-14(20)9-2-4-12(13(15)19)16-7-9/h2-7,18H,1H3,(H2,15,19)(H,17,20). The van der Waals surface area contributed by atoms with E-state index in [1.807, 2.05) is 0 Å². The number of primary amides is 1. The van der Waals surface area contributed by atoms with Gasteiger partial charge in [0.1, 0.15) is 11.4 Å². The predicted molar refractivity (Wildman–Crippen MR) is 73.6 cm³/mol. The number of pyridine rings is 1. The fraction of sp³-hybridized carbons (Fsp3) is 0.0714. The highest BCUT2D eigenvalue weighted by molar-refractivity contribution is 6.04. The van der Waals surface area contributed by atoms with Crippen molar-refractivity contribution >= 4 is 17.5 Å². The van der Waals surface area contributed by atoms with Gasteiger partial charge in [0.15, 0.2) is 0 Å². The molecule has 0 fully saturated rings. The van der Waals surface area contributed by atoms with E-state index in [1.165, 1.54) is 24.4 Å². The van der Waals surface area contributed by atoms with Gasteiger partial charge in [0.25, 0.3) is 11.8 Å². The number of carbonyl (C=O) groups is 2. The molecule has 0 unspecified atom stereocenters. The molecule has 0 aliphatic carbocycles. The number of rotatable bonds is 3. The van der Waals surface area contributed by atoms with E-state index in [4.69, 9.17) is 5.73 Å². The number of aromatic nitrogens is 1. The number of amides is 2. The number of anilines is 1. The number of nitrogens with zero attached hydrogens (tertiary/aromatic N) is 1. The fourth-order valence-corrected chi connectivity index (χ4v) is 1.66. The van der Waals surface area contributed by atoms with Crippen LogP contribution in [0.5, 0.6) is 5.75 Å². The molecule has 4 N–H and O–H groups in total. The highest BCUT2D eigenvalue weighted by Crippen LogP contribution is 2.20. The summed E-state index contributed by atoms with van der Waals surface area (Å²) in [4.78, 5) is 26.7. The molecule has 6 heteroatoms. The molecule has 1 heterocycles. The van der Waals surface area contributed by atoms with Gasteiger partial charge in [0.05, 0.1) is 5.56 Å². The van der Waals surface area contributed by atoms with Crippen molar-refractivity contribution in [2.24, 2.45) is 5.73 Å². The van der Waals surface area contributed by atoms with Crippen LogP contribution in [0.25, 0.3) is 0 Å². The van der Waals surface area contributed by atoms with E-state index in [0.29, 0.717) is 11.3 Å². The van der Waals surface area contributed by atoms with Crippen LogP contribution in [0, 0.1) is 6.92 Å². The zero-order chi connectivity index (χ0) is 14.7. The number of phenols is 1. The molecule has 2 rings (SSSR count). The van der Waals surface area contributed by atoms with E-state index in [0.717, 1.165) is 5.56 Å². The smallest absolute Gasteiger partial charge is 0.267 e. The van der Waals surface area contributed by atoms with Crippen molar-refractivity contribution in [3.8, 4) is 5.75 Å². The SMILES string of the molecule is Cc1cc(O)ccc1NC(=O)c1ccc(C(N)=O)nc1. The maximum Gasteiger partial charge on any atom is 0.267 e. The topological polar surface area (TPSA) is 105 Å². The molecule has 0 saturated carbocycles. The van der Waals surface area contributed by atoms with Crippen LogP contribution in [-0.2, 0) is 0 Å². The average Bonchev–Trinajstić information content (AvgIpc) is 2.42. The number of benzene rings is 1. The summed E-state index contributed by atoms with van der Waals surface area (Å²) in [6.07, 6.45) is 1.28. The van der Waals surface area contributed by atoms with Gasteiger partial charge in [-0.05, 0) is 42.8 Å². The maximum atomic E-state index is 12.0. The van der Waals surface area contributed by atoms with E-state index in [-0.39, 0.29) is 17.4 Å². The van der Waals surface area contributed by atoms with Crippen molar-refractivity contribution in [2.45, 2.75) is 6.92 Å². The number of nitrogens with one attached hydrogen (secondary N) is 1. The van der Waals surface area contributed by atoms with Crippen LogP contribution in [-0.4, -0.2) is 21.9 Å². The first kappa shape index (κ1) is 13.5. The zero-order valence-corrected chi connectivity index (χ0v) is 10.8. The second kappa shape index (κ2) is 5.40. The van der Waals surface area contributed by atoms with E-state index in [1.54, 1.807) is 19.1 Å². The first-order valence-corrected chi connectivity index (χ1v) is 5.84. The lowest BCUT2D eigenvalue weighted by atomic mass is 10.1. The van der Waals surface area contributed by atoms with E-state index >= 15 is 0 Å². The Morgan fingerprint density at radius 3 is 2.55 bits per heavy atom. The zero-order valence-electron chi connectivity index (χ0n) is 10.8. The minimum atomic E-state index is -0.647. The van der Waals surface area contributed by atoms with Gasteiger partial charge in [-0.1, -0.05) is 0 Å². The third-order valence-corrected chi connectivity index (χ3v) is 2.74. The highest BCUT2D eigenvalue weighted by Gasteiger charge is 2.10. The molecule has 0 atom stereocenters. The second-order valence-corrected chi connectivity index (χ2v) is 4.25. The minimum absolute atomic E-state index is 0.0994. The van der Waals surface area contributed by atoms with Crippen molar-refractivity contribution in [2.75, 3.05) is 5.32 Å². The Hall–Kier alpha value is -2.89. The summed E-state index contributed by atoms with van der Waals surface area (Å²) >= 11 is 0. The molecule has 0 saturated heterocycles. The Morgan fingerprint density at radius 1 is 1.25 bits per heavy atom. The Kier molecular flexibility index (Phi) is 3.65.